The van der Waals surface area contributed by atoms with Crippen LogP contribution in [0.4, 0.5) is 0 Å². The Morgan fingerprint density at radius 3 is 2.59 bits per heavy atom. The van der Waals surface area contributed by atoms with Crippen LogP contribution in [0.15, 0.2) is 30.3 Å². The first kappa shape index (κ1) is 12.4. The summed E-state index contributed by atoms with van der Waals surface area (Å²) < 4.78 is 5.64. The summed E-state index contributed by atoms with van der Waals surface area (Å²) in [5.74, 6) is 0.963. The van der Waals surface area contributed by atoms with Crippen molar-refractivity contribution < 1.29 is 4.74 Å². The van der Waals surface area contributed by atoms with Gasteiger partial charge >= 0.3 is 0 Å². The fourth-order valence-corrected chi connectivity index (χ4v) is 2.07. The zero-order chi connectivity index (χ0) is 11.8. The van der Waals surface area contributed by atoms with Gasteiger partial charge in [-0.15, -0.1) is 0 Å². The molecule has 1 heterocycles. The van der Waals surface area contributed by atoms with Crippen molar-refractivity contribution in [2.45, 2.75) is 25.7 Å². The molecule has 0 unspecified atom stereocenters. The van der Waals surface area contributed by atoms with Crippen molar-refractivity contribution in [2.75, 3.05) is 26.2 Å². The first-order chi connectivity index (χ1) is 8.45. The van der Waals surface area contributed by atoms with Gasteiger partial charge in [0.2, 0.25) is 0 Å². The molecule has 0 bridgehead atoms. The Morgan fingerprint density at radius 1 is 1.06 bits per heavy atom. The predicted molar refractivity (Wildman–Crippen MR) is 70.0 cm³/mol. The summed E-state index contributed by atoms with van der Waals surface area (Å²) in [6.07, 6.45) is 5.09. The lowest BCUT2D eigenvalue weighted by molar-refractivity contribution is 0.149. The lowest BCUT2D eigenvalue weighted by atomic mass is 10.2. The minimum atomic E-state index is 0.783. The molecule has 0 aromatic heterocycles. The van der Waals surface area contributed by atoms with Gasteiger partial charge in [0.05, 0.1) is 6.61 Å². The number of piperidine rings is 1. The zero-order valence-electron chi connectivity index (χ0n) is 10.4. The number of rotatable bonds is 6. The number of nitrogens with zero attached hydrogens (tertiary/aromatic N) is 1. The topological polar surface area (TPSA) is 24.5 Å². The molecule has 0 spiro atoms. The van der Waals surface area contributed by atoms with Gasteiger partial charge in [-0.2, -0.15) is 0 Å². The van der Waals surface area contributed by atoms with E-state index >= 15 is 0 Å². The molecule has 0 radical (unpaired) electrons. The molecule has 1 aromatic rings. The van der Waals surface area contributed by atoms with E-state index in [-0.39, 0.29) is 0 Å². The summed E-state index contributed by atoms with van der Waals surface area (Å²) in [5.41, 5.74) is 3.46. The average Bonchev–Trinajstić information content (AvgIpc) is 2.41. The van der Waals surface area contributed by atoms with E-state index in [0.717, 1.165) is 25.3 Å². The number of hydrogen-bond acceptors (Lipinski definition) is 3. The third-order valence-corrected chi connectivity index (χ3v) is 3.02. The van der Waals surface area contributed by atoms with Crippen LogP contribution in [-0.4, -0.2) is 31.3 Å². The molecular weight excluding hydrogens is 212 g/mol. The van der Waals surface area contributed by atoms with E-state index < -0.39 is 0 Å². The Balaban J connectivity index is 1.51. The van der Waals surface area contributed by atoms with Gasteiger partial charge in [0, 0.05) is 19.6 Å². The molecule has 3 nitrogen and oxygen atoms in total. The molecule has 1 N–H and O–H groups in total. The number of para-hydroxylation sites is 1. The lowest BCUT2D eigenvalue weighted by Crippen LogP contribution is -2.42. The summed E-state index contributed by atoms with van der Waals surface area (Å²) in [7, 11) is 0. The van der Waals surface area contributed by atoms with Crippen LogP contribution in [0.3, 0.4) is 0 Å². The van der Waals surface area contributed by atoms with Gasteiger partial charge in [-0.3, -0.25) is 5.43 Å². The highest BCUT2D eigenvalue weighted by atomic mass is 16.5. The maximum absolute atomic E-state index is 5.64. The number of nitrogens with one attached hydrogen (secondary N) is 1. The van der Waals surface area contributed by atoms with Crippen molar-refractivity contribution >= 4 is 0 Å². The zero-order valence-corrected chi connectivity index (χ0v) is 10.4. The minimum Gasteiger partial charge on any atom is -0.494 e. The Labute approximate surface area is 104 Å². The molecule has 3 heteroatoms. The highest BCUT2D eigenvalue weighted by Gasteiger charge is 2.08. The van der Waals surface area contributed by atoms with Crippen LogP contribution in [0, 0.1) is 0 Å². The Bertz CT molecular complexity index is 296. The second-order valence-corrected chi connectivity index (χ2v) is 4.47. The quantitative estimate of drug-likeness (QED) is 0.765. The van der Waals surface area contributed by atoms with Crippen molar-refractivity contribution in [2.24, 2.45) is 0 Å². The van der Waals surface area contributed by atoms with Crippen LogP contribution in [0.2, 0.25) is 0 Å². The molecule has 1 fully saturated rings. The molecule has 1 aliphatic rings. The van der Waals surface area contributed by atoms with Crippen molar-refractivity contribution in [3.63, 3.8) is 0 Å². The number of hydrogen-bond donors (Lipinski definition) is 1. The van der Waals surface area contributed by atoms with Crippen LogP contribution in [-0.2, 0) is 0 Å². The smallest absolute Gasteiger partial charge is 0.119 e. The Kier molecular flexibility index (Phi) is 5.33. The highest BCUT2D eigenvalue weighted by Crippen LogP contribution is 2.08. The van der Waals surface area contributed by atoms with E-state index in [0.29, 0.717) is 0 Å². The normalized spacial score (nSPS) is 16.9. The Hall–Kier alpha value is -1.06. The molecule has 1 saturated heterocycles. The third kappa shape index (κ3) is 4.75. The molecular formula is C14H22N2O. The van der Waals surface area contributed by atoms with E-state index in [1.54, 1.807) is 0 Å². The van der Waals surface area contributed by atoms with Crippen LogP contribution < -0.4 is 10.2 Å². The monoisotopic (exact) mass is 234 g/mol. The fraction of sp³-hybridized carbons (Fsp3) is 0.571. The van der Waals surface area contributed by atoms with E-state index in [1.807, 2.05) is 30.3 Å². The van der Waals surface area contributed by atoms with Crippen LogP contribution in [0.1, 0.15) is 25.7 Å². The van der Waals surface area contributed by atoms with Gasteiger partial charge in [0.1, 0.15) is 5.75 Å². The first-order valence-electron chi connectivity index (χ1n) is 6.61. The van der Waals surface area contributed by atoms with E-state index in [4.69, 9.17) is 4.74 Å². The molecule has 17 heavy (non-hydrogen) atoms. The average molecular weight is 234 g/mol. The molecule has 0 saturated carbocycles. The largest absolute Gasteiger partial charge is 0.494 e. The van der Waals surface area contributed by atoms with E-state index in [1.165, 1.54) is 32.4 Å². The summed E-state index contributed by atoms with van der Waals surface area (Å²) in [5, 5.41) is 2.34. The first-order valence-corrected chi connectivity index (χ1v) is 6.61. The van der Waals surface area contributed by atoms with Gasteiger partial charge in [0.15, 0.2) is 0 Å². The number of hydrazine groups is 1. The fourth-order valence-electron chi connectivity index (χ4n) is 2.07. The standard InChI is InChI=1S/C14H22N2O/c1-3-8-14(9-4-1)17-13-7-10-15-16-11-5-2-6-12-16/h1,3-4,8-9,15H,2,5-7,10-13H2. The molecule has 1 aliphatic heterocycles. The van der Waals surface area contributed by atoms with Gasteiger partial charge in [-0.05, 0) is 31.4 Å². The number of benzene rings is 1. The summed E-state index contributed by atoms with van der Waals surface area (Å²) >= 11 is 0. The van der Waals surface area contributed by atoms with Gasteiger partial charge in [0.25, 0.3) is 0 Å². The van der Waals surface area contributed by atoms with Crippen LogP contribution >= 0.6 is 0 Å². The van der Waals surface area contributed by atoms with Crippen molar-refractivity contribution in [1.82, 2.24) is 10.4 Å². The SMILES string of the molecule is c1ccc(OCCCNN2CCCCC2)cc1. The minimum absolute atomic E-state index is 0.783. The predicted octanol–water partition coefficient (Wildman–Crippen LogP) is 2.45. The van der Waals surface area contributed by atoms with E-state index in [9.17, 15) is 0 Å². The number of ether oxygens (including phenoxy) is 1. The molecule has 0 amide bonds. The van der Waals surface area contributed by atoms with Crippen molar-refractivity contribution in [3.05, 3.63) is 30.3 Å². The Morgan fingerprint density at radius 2 is 1.82 bits per heavy atom. The molecule has 0 atom stereocenters. The molecule has 94 valence electrons. The van der Waals surface area contributed by atoms with Crippen molar-refractivity contribution in [1.29, 1.82) is 0 Å². The van der Waals surface area contributed by atoms with Gasteiger partial charge in [-0.1, -0.05) is 24.6 Å². The molecule has 1 aromatic carbocycles. The highest BCUT2D eigenvalue weighted by molar-refractivity contribution is 5.20. The summed E-state index contributed by atoms with van der Waals surface area (Å²) in [4.78, 5) is 0. The second kappa shape index (κ2) is 7.30. The van der Waals surface area contributed by atoms with E-state index in [2.05, 4.69) is 10.4 Å². The van der Waals surface area contributed by atoms with Crippen LogP contribution in [0.5, 0.6) is 5.75 Å². The molecule has 0 aliphatic carbocycles. The second-order valence-electron chi connectivity index (χ2n) is 4.47. The van der Waals surface area contributed by atoms with Crippen LogP contribution in [0.25, 0.3) is 0 Å². The maximum atomic E-state index is 5.64. The maximum Gasteiger partial charge on any atom is 0.119 e. The van der Waals surface area contributed by atoms with Gasteiger partial charge < -0.3 is 4.74 Å². The summed E-state index contributed by atoms with van der Waals surface area (Å²) in [6, 6.07) is 10.0. The summed E-state index contributed by atoms with van der Waals surface area (Å²) in [6.45, 7) is 4.18. The van der Waals surface area contributed by atoms with Crippen molar-refractivity contribution in [3.8, 4) is 5.75 Å². The molecule has 2 rings (SSSR count). The third-order valence-electron chi connectivity index (χ3n) is 3.02. The van der Waals surface area contributed by atoms with Gasteiger partial charge in [-0.25, -0.2) is 5.01 Å². The lowest BCUT2D eigenvalue weighted by Gasteiger charge is -2.27.